The third kappa shape index (κ3) is 3.06. The Labute approximate surface area is 84.6 Å². The van der Waals surface area contributed by atoms with Gasteiger partial charge in [0, 0.05) is 0 Å². The summed E-state index contributed by atoms with van der Waals surface area (Å²) in [6, 6.07) is 10.5. The third-order valence-electron chi connectivity index (χ3n) is 1.49. The Balaban J connectivity index is 2.79. The van der Waals surface area contributed by atoms with Gasteiger partial charge in [-0.3, -0.25) is 0 Å². The molecule has 1 aromatic rings. The van der Waals surface area contributed by atoms with Crippen LogP contribution in [0.2, 0.25) is 5.82 Å². The molecule has 0 N–H and O–H groups in total. The fourth-order valence-electron chi connectivity index (χ4n) is 0.887. The van der Waals surface area contributed by atoms with Gasteiger partial charge in [0.25, 0.3) is 0 Å². The average molecular weight is 243 g/mol. The van der Waals surface area contributed by atoms with Crippen molar-refractivity contribution in [2.45, 2.75) is 5.82 Å². The molecule has 0 spiro atoms. The maximum absolute atomic E-state index is 2.27. The van der Waals surface area contributed by atoms with Crippen LogP contribution in [0.15, 0.2) is 34.1 Å². The molecule has 0 bridgehead atoms. The van der Waals surface area contributed by atoms with Crippen LogP contribution in [-0.2, 0) is 0 Å². The molecule has 64 valence electrons. The molecule has 0 aromatic heterocycles. The summed E-state index contributed by atoms with van der Waals surface area (Å²) in [7, 11) is 0. The van der Waals surface area contributed by atoms with Crippen LogP contribution in [0.5, 0.6) is 0 Å². The second-order valence-corrected chi connectivity index (χ2v) is 5.49. The van der Waals surface area contributed by atoms with E-state index in [0.29, 0.717) is 15.0 Å². The Morgan fingerprint density at radius 2 is 2.00 bits per heavy atom. The summed E-state index contributed by atoms with van der Waals surface area (Å²) in [5, 5.41) is 0. The van der Waals surface area contributed by atoms with E-state index < -0.39 is 0 Å². The zero-order chi connectivity index (χ0) is 8.81. The van der Waals surface area contributed by atoms with Crippen LogP contribution in [0, 0.1) is 0 Å². The summed E-state index contributed by atoms with van der Waals surface area (Å²) in [5.74, 6) is 2.25. The first-order chi connectivity index (χ1) is 5.86. The Morgan fingerprint density at radius 1 is 1.33 bits per heavy atom. The quantitative estimate of drug-likeness (QED) is 0.735. The molecule has 0 saturated carbocycles. The van der Waals surface area contributed by atoms with Gasteiger partial charge in [0.05, 0.1) is 0 Å². The van der Waals surface area contributed by atoms with Crippen LogP contribution in [0.1, 0.15) is 5.56 Å². The SMILES string of the molecule is CSC(=Cc1ccccc1)[Se]C. The van der Waals surface area contributed by atoms with E-state index >= 15 is 0 Å². The Bertz CT molecular complexity index is 248. The van der Waals surface area contributed by atoms with Gasteiger partial charge in [0.15, 0.2) is 0 Å². The van der Waals surface area contributed by atoms with E-state index in [0.717, 1.165) is 0 Å². The summed E-state index contributed by atoms with van der Waals surface area (Å²) >= 11 is 2.47. The van der Waals surface area contributed by atoms with E-state index in [1.807, 2.05) is 17.8 Å². The summed E-state index contributed by atoms with van der Waals surface area (Å²) in [6.07, 6.45) is 4.41. The van der Waals surface area contributed by atoms with Gasteiger partial charge in [-0.05, 0) is 0 Å². The van der Waals surface area contributed by atoms with E-state index in [9.17, 15) is 0 Å². The van der Waals surface area contributed by atoms with E-state index in [1.54, 1.807) is 0 Å². The standard InChI is InChI=1S/C10H12SSe/c1-11-10(12-2)8-9-6-4-3-5-7-9/h3-8H,1-2H3. The second-order valence-electron chi connectivity index (χ2n) is 2.28. The molecule has 1 aromatic carbocycles. The molecule has 0 saturated heterocycles. The summed E-state index contributed by atoms with van der Waals surface area (Å²) in [4.78, 5) is 0. The summed E-state index contributed by atoms with van der Waals surface area (Å²) < 4.78 is 1.49. The topological polar surface area (TPSA) is 0 Å². The number of hydrogen-bond acceptors (Lipinski definition) is 1. The normalized spacial score (nSPS) is 11.7. The molecular formula is C10H12SSe. The molecular weight excluding hydrogens is 231 g/mol. The molecule has 0 atom stereocenters. The van der Waals surface area contributed by atoms with E-state index in [2.05, 4.69) is 42.4 Å². The fourth-order valence-corrected chi connectivity index (χ4v) is 2.89. The van der Waals surface area contributed by atoms with Gasteiger partial charge in [-0.1, -0.05) is 0 Å². The van der Waals surface area contributed by atoms with Gasteiger partial charge in [-0.2, -0.15) is 0 Å². The van der Waals surface area contributed by atoms with E-state index in [-0.39, 0.29) is 0 Å². The number of hydrogen-bond donors (Lipinski definition) is 0. The Morgan fingerprint density at radius 3 is 2.50 bits per heavy atom. The van der Waals surface area contributed by atoms with Crippen LogP contribution in [0.25, 0.3) is 6.08 Å². The van der Waals surface area contributed by atoms with Crippen molar-refractivity contribution in [3.8, 4) is 0 Å². The molecule has 0 aliphatic rings. The van der Waals surface area contributed by atoms with E-state index in [1.165, 1.54) is 9.37 Å². The van der Waals surface area contributed by atoms with Crippen molar-refractivity contribution in [3.63, 3.8) is 0 Å². The molecule has 0 heterocycles. The first-order valence-corrected chi connectivity index (χ1v) is 7.51. The van der Waals surface area contributed by atoms with Crippen molar-refractivity contribution in [1.82, 2.24) is 0 Å². The van der Waals surface area contributed by atoms with Crippen LogP contribution in [-0.4, -0.2) is 21.2 Å². The molecule has 0 fully saturated rings. The zero-order valence-electron chi connectivity index (χ0n) is 7.28. The van der Waals surface area contributed by atoms with E-state index in [4.69, 9.17) is 0 Å². The second kappa shape index (κ2) is 5.47. The van der Waals surface area contributed by atoms with Crippen molar-refractivity contribution < 1.29 is 0 Å². The van der Waals surface area contributed by atoms with Gasteiger partial charge < -0.3 is 0 Å². The molecule has 0 amide bonds. The van der Waals surface area contributed by atoms with Gasteiger partial charge in [0.2, 0.25) is 0 Å². The first kappa shape index (κ1) is 9.91. The average Bonchev–Trinajstić information content (AvgIpc) is 2.16. The van der Waals surface area contributed by atoms with Crippen LogP contribution >= 0.6 is 11.8 Å². The third-order valence-corrected chi connectivity index (χ3v) is 5.01. The number of rotatable bonds is 3. The molecule has 0 radical (unpaired) electrons. The van der Waals surface area contributed by atoms with Crippen LogP contribution < -0.4 is 0 Å². The van der Waals surface area contributed by atoms with Crippen molar-refractivity contribution >= 4 is 32.8 Å². The Hall–Kier alpha value is -0.171. The molecule has 0 aliphatic heterocycles. The number of thioether (sulfide) groups is 1. The van der Waals surface area contributed by atoms with Crippen LogP contribution in [0.3, 0.4) is 0 Å². The molecule has 1 rings (SSSR count). The van der Waals surface area contributed by atoms with Crippen molar-refractivity contribution in [1.29, 1.82) is 0 Å². The molecule has 12 heavy (non-hydrogen) atoms. The molecule has 0 unspecified atom stereocenters. The van der Waals surface area contributed by atoms with Gasteiger partial charge >= 0.3 is 84.6 Å². The molecule has 0 nitrogen and oxygen atoms in total. The summed E-state index contributed by atoms with van der Waals surface area (Å²) in [6.45, 7) is 0. The van der Waals surface area contributed by atoms with Gasteiger partial charge in [-0.15, -0.1) is 0 Å². The minimum absolute atomic E-state index is 0.620. The fraction of sp³-hybridized carbons (Fsp3) is 0.200. The predicted octanol–water partition coefficient (Wildman–Crippen LogP) is 3.10. The van der Waals surface area contributed by atoms with Crippen molar-refractivity contribution in [2.24, 2.45) is 0 Å². The minimum atomic E-state index is 0.620. The molecule has 0 aliphatic carbocycles. The first-order valence-electron chi connectivity index (χ1n) is 3.71. The predicted molar refractivity (Wildman–Crippen MR) is 59.6 cm³/mol. The maximum atomic E-state index is 2.27. The van der Waals surface area contributed by atoms with Gasteiger partial charge in [0.1, 0.15) is 0 Å². The number of benzene rings is 1. The van der Waals surface area contributed by atoms with Crippen LogP contribution in [0.4, 0.5) is 0 Å². The van der Waals surface area contributed by atoms with Crippen molar-refractivity contribution in [3.05, 3.63) is 39.7 Å². The zero-order valence-corrected chi connectivity index (χ0v) is 9.81. The van der Waals surface area contributed by atoms with Gasteiger partial charge in [-0.25, -0.2) is 0 Å². The summed E-state index contributed by atoms with van der Waals surface area (Å²) in [5.41, 5.74) is 1.31. The van der Waals surface area contributed by atoms with Crippen molar-refractivity contribution in [2.75, 3.05) is 6.26 Å². The monoisotopic (exact) mass is 244 g/mol. The Kier molecular flexibility index (Phi) is 4.52. The molecule has 2 heteroatoms.